The zero-order valence-corrected chi connectivity index (χ0v) is 10.5. The molecule has 0 aromatic carbocycles. The quantitative estimate of drug-likeness (QED) is 0.696. The van der Waals surface area contributed by atoms with E-state index in [4.69, 9.17) is 5.11 Å². The first kappa shape index (κ1) is 14.4. The molecule has 0 aromatic heterocycles. The second-order valence-electron chi connectivity index (χ2n) is 5.27. The topological polar surface area (TPSA) is 52.6 Å². The highest BCUT2D eigenvalue weighted by Gasteiger charge is 2.17. The van der Waals surface area contributed by atoms with Gasteiger partial charge in [-0.05, 0) is 32.5 Å². The van der Waals surface area contributed by atoms with Crippen LogP contribution in [-0.2, 0) is 4.79 Å². The first-order valence-electron chi connectivity index (χ1n) is 5.35. The largest absolute Gasteiger partial charge is 0.480 e. The Morgan fingerprint density at radius 1 is 1.47 bits per heavy atom. The maximum Gasteiger partial charge on any atom is 0.320 e. The van der Waals surface area contributed by atoms with E-state index >= 15 is 0 Å². The van der Waals surface area contributed by atoms with Gasteiger partial charge in [0, 0.05) is 6.54 Å². The van der Waals surface area contributed by atoms with Gasteiger partial charge in [-0.25, -0.2) is 0 Å². The molecule has 0 amide bonds. The summed E-state index contributed by atoms with van der Waals surface area (Å²) in [6, 6.07) is -0.438. The fraction of sp³-hybridized carbons (Fsp3) is 0.909. The van der Waals surface area contributed by atoms with Crippen LogP contribution in [0.15, 0.2) is 0 Å². The number of nitrogens with one attached hydrogen (secondary N) is 1. The van der Waals surface area contributed by atoms with Gasteiger partial charge < -0.3 is 15.3 Å². The van der Waals surface area contributed by atoms with Crippen molar-refractivity contribution >= 4 is 5.97 Å². The fourth-order valence-corrected chi connectivity index (χ4v) is 1.63. The predicted molar refractivity (Wildman–Crippen MR) is 62.1 cm³/mol. The Kier molecular flexibility index (Phi) is 5.83. The molecule has 0 rings (SSSR count). The van der Waals surface area contributed by atoms with Crippen LogP contribution in [0.2, 0.25) is 0 Å². The van der Waals surface area contributed by atoms with Crippen molar-refractivity contribution in [2.24, 2.45) is 5.41 Å². The van der Waals surface area contributed by atoms with E-state index in [1.807, 2.05) is 7.05 Å². The molecule has 2 N–H and O–H groups in total. The molecule has 0 saturated carbocycles. The van der Waals surface area contributed by atoms with Crippen molar-refractivity contribution in [1.82, 2.24) is 10.2 Å². The van der Waals surface area contributed by atoms with Crippen molar-refractivity contribution in [1.29, 1.82) is 0 Å². The van der Waals surface area contributed by atoms with Gasteiger partial charge in [0.15, 0.2) is 0 Å². The number of carboxylic acids is 1. The molecule has 4 nitrogen and oxygen atoms in total. The zero-order chi connectivity index (χ0) is 12.1. The van der Waals surface area contributed by atoms with E-state index in [0.29, 0.717) is 6.42 Å². The highest BCUT2D eigenvalue weighted by Crippen LogP contribution is 2.14. The molecule has 0 saturated heterocycles. The van der Waals surface area contributed by atoms with Crippen LogP contribution >= 0.6 is 0 Å². The van der Waals surface area contributed by atoms with Crippen LogP contribution in [0.1, 0.15) is 27.2 Å². The molecule has 0 aromatic rings. The molecule has 0 heterocycles. The Bertz CT molecular complexity index is 199. The van der Waals surface area contributed by atoms with Gasteiger partial charge in [-0.2, -0.15) is 0 Å². The summed E-state index contributed by atoms with van der Waals surface area (Å²) in [5, 5.41) is 11.6. The van der Waals surface area contributed by atoms with Crippen LogP contribution < -0.4 is 5.32 Å². The van der Waals surface area contributed by atoms with Crippen molar-refractivity contribution in [3.05, 3.63) is 0 Å². The summed E-state index contributed by atoms with van der Waals surface area (Å²) < 4.78 is 0. The minimum atomic E-state index is -0.776. The number of carbonyl (C=O) groups is 1. The van der Waals surface area contributed by atoms with E-state index in [1.54, 1.807) is 7.05 Å². The maximum absolute atomic E-state index is 10.7. The minimum absolute atomic E-state index is 0.257. The van der Waals surface area contributed by atoms with Gasteiger partial charge in [-0.15, -0.1) is 0 Å². The monoisotopic (exact) mass is 216 g/mol. The van der Waals surface area contributed by atoms with Crippen LogP contribution in [0.5, 0.6) is 0 Å². The first-order chi connectivity index (χ1) is 6.76. The van der Waals surface area contributed by atoms with Crippen molar-refractivity contribution < 1.29 is 9.90 Å². The minimum Gasteiger partial charge on any atom is -0.480 e. The van der Waals surface area contributed by atoms with E-state index in [-0.39, 0.29) is 5.41 Å². The van der Waals surface area contributed by atoms with Gasteiger partial charge in [0.25, 0.3) is 0 Å². The first-order valence-corrected chi connectivity index (χ1v) is 5.35. The lowest BCUT2D eigenvalue weighted by Crippen LogP contribution is -2.38. The van der Waals surface area contributed by atoms with Gasteiger partial charge in [-0.3, -0.25) is 4.79 Å². The summed E-state index contributed by atoms with van der Waals surface area (Å²) in [4.78, 5) is 12.9. The third kappa shape index (κ3) is 7.33. The molecular formula is C11H24N2O2. The smallest absolute Gasteiger partial charge is 0.320 e. The Balaban J connectivity index is 3.88. The van der Waals surface area contributed by atoms with E-state index in [0.717, 1.165) is 13.1 Å². The summed E-state index contributed by atoms with van der Waals surface area (Å²) in [7, 11) is 3.71. The summed E-state index contributed by atoms with van der Waals surface area (Å²) >= 11 is 0. The highest BCUT2D eigenvalue weighted by atomic mass is 16.4. The summed E-state index contributed by atoms with van der Waals surface area (Å²) in [5.74, 6) is -0.776. The Morgan fingerprint density at radius 3 is 2.33 bits per heavy atom. The average molecular weight is 216 g/mol. The van der Waals surface area contributed by atoms with Crippen LogP contribution in [0.25, 0.3) is 0 Å². The maximum atomic E-state index is 10.7. The fourth-order valence-electron chi connectivity index (χ4n) is 1.63. The van der Waals surface area contributed by atoms with Crippen LogP contribution in [0.4, 0.5) is 0 Å². The average Bonchev–Trinajstić information content (AvgIpc) is 2.01. The van der Waals surface area contributed by atoms with Crippen molar-refractivity contribution in [2.45, 2.75) is 33.2 Å². The summed E-state index contributed by atoms with van der Waals surface area (Å²) in [6.45, 7) is 8.31. The lowest BCUT2D eigenvalue weighted by molar-refractivity contribution is -0.139. The molecular weight excluding hydrogens is 192 g/mol. The molecule has 15 heavy (non-hydrogen) atoms. The normalized spacial score (nSPS) is 14.3. The van der Waals surface area contributed by atoms with Gasteiger partial charge >= 0.3 is 5.97 Å². The van der Waals surface area contributed by atoms with Gasteiger partial charge in [0.1, 0.15) is 6.04 Å². The second kappa shape index (κ2) is 6.08. The SMILES string of the molecule is CNC(CCN(C)CC(C)(C)C)C(=O)O. The molecule has 90 valence electrons. The Labute approximate surface area is 92.7 Å². The zero-order valence-electron chi connectivity index (χ0n) is 10.5. The highest BCUT2D eigenvalue weighted by molar-refractivity contribution is 5.73. The van der Waals surface area contributed by atoms with Crippen LogP contribution in [0, 0.1) is 5.41 Å². The molecule has 0 aliphatic carbocycles. The van der Waals surface area contributed by atoms with Gasteiger partial charge in [0.2, 0.25) is 0 Å². The number of aliphatic carboxylic acids is 1. The summed E-state index contributed by atoms with van der Waals surface area (Å²) in [5.41, 5.74) is 0.257. The van der Waals surface area contributed by atoms with Gasteiger partial charge in [-0.1, -0.05) is 20.8 Å². The summed E-state index contributed by atoms with van der Waals surface area (Å²) in [6.07, 6.45) is 0.637. The van der Waals surface area contributed by atoms with E-state index in [2.05, 4.69) is 31.0 Å². The van der Waals surface area contributed by atoms with Crippen molar-refractivity contribution in [2.75, 3.05) is 27.2 Å². The van der Waals surface area contributed by atoms with Crippen molar-refractivity contribution in [3.8, 4) is 0 Å². The molecule has 0 aliphatic rings. The predicted octanol–water partition coefficient (Wildman–Crippen LogP) is 1.03. The molecule has 0 aliphatic heterocycles. The van der Waals surface area contributed by atoms with Crippen LogP contribution in [-0.4, -0.2) is 49.2 Å². The standard InChI is InChI=1S/C11H24N2O2/c1-11(2,3)8-13(5)7-6-9(12-4)10(14)15/h9,12H,6-8H2,1-5H3,(H,14,15). The molecule has 0 fully saturated rings. The molecule has 1 atom stereocenters. The molecule has 4 heteroatoms. The van der Waals surface area contributed by atoms with Crippen molar-refractivity contribution in [3.63, 3.8) is 0 Å². The Morgan fingerprint density at radius 2 is 2.00 bits per heavy atom. The second-order valence-corrected chi connectivity index (χ2v) is 5.27. The lowest BCUT2D eigenvalue weighted by atomic mass is 9.96. The number of hydrogen-bond acceptors (Lipinski definition) is 3. The van der Waals surface area contributed by atoms with E-state index in [1.165, 1.54) is 0 Å². The lowest BCUT2D eigenvalue weighted by Gasteiger charge is -2.27. The number of carboxylic acid groups (broad SMARTS) is 1. The van der Waals surface area contributed by atoms with E-state index in [9.17, 15) is 4.79 Å². The number of rotatable bonds is 6. The molecule has 0 bridgehead atoms. The Hall–Kier alpha value is -0.610. The molecule has 0 spiro atoms. The molecule has 0 radical (unpaired) electrons. The number of likely N-dealkylation sites (N-methyl/N-ethyl adjacent to an activating group) is 1. The number of hydrogen-bond donors (Lipinski definition) is 2. The van der Waals surface area contributed by atoms with Crippen LogP contribution in [0.3, 0.4) is 0 Å². The van der Waals surface area contributed by atoms with Gasteiger partial charge in [0.05, 0.1) is 0 Å². The third-order valence-electron chi connectivity index (χ3n) is 2.19. The third-order valence-corrected chi connectivity index (χ3v) is 2.19. The van der Waals surface area contributed by atoms with E-state index < -0.39 is 12.0 Å². The number of nitrogens with zero attached hydrogens (tertiary/aromatic N) is 1. The molecule has 1 unspecified atom stereocenters.